The molecule has 1 amide bonds. The maximum absolute atomic E-state index is 12.6. The number of halogens is 1. The van der Waals surface area contributed by atoms with Gasteiger partial charge in [0, 0.05) is 11.1 Å². The van der Waals surface area contributed by atoms with Crippen LogP contribution in [0.15, 0.2) is 18.2 Å². The standard InChI is InChI=1S/C17H23ClN2O4S/c1-25(22,23)20-11-16(24-15-9-8-12(18)10-14(15)20)17(21)19-13-6-4-2-3-5-7-13/h8-10,13,16H,2-7,11H2,1H3,(H,19,21)/t16-/m0/s1. The zero-order chi connectivity index (χ0) is 18.0. The molecule has 6 nitrogen and oxygen atoms in total. The number of sulfonamides is 1. The fraction of sp³-hybridized carbons (Fsp3) is 0.588. The molecule has 3 rings (SSSR count). The van der Waals surface area contributed by atoms with Crippen molar-refractivity contribution in [1.29, 1.82) is 0 Å². The summed E-state index contributed by atoms with van der Waals surface area (Å²) < 4.78 is 31.3. The zero-order valence-corrected chi connectivity index (χ0v) is 15.8. The molecule has 1 aliphatic carbocycles. The average Bonchev–Trinajstić information content (AvgIpc) is 2.81. The molecular formula is C17H23ClN2O4S. The molecule has 25 heavy (non-hydrogen) atoms. The van der Waals surface area contributed by atoms with E-state index in [9.17, 15) is 13.2 Å². The monoisotopic (exact) mass is 386 g/mol. The molecule has 0 bridgehead atoms. The summed E-state index contributed by atoms with van der Waals surface area (Å²) in [5.74, 6) is 0.0863. The summed E-state index contributed by atoms with van der Waals surface area (Å²) >= 11 is 5.98. The van der Waals surface area contributed by atoms with Crippen molar-refractivity contribution in [2.24, 2.45) is 0 Å². The number of amides is 1. The van der Waals surface area contributed by atoms with Gasteiger partial charge in [-0.15, -0.1) is 0 Å². The highest BCUT2D eigenvalue weighted by molar-refractivity contribution is 7.92. The van der Waals surface area contributed by atoms with Gasteiger partial charge in [-0.2, -0.15) is 0 Å². The molecule has 138 valence electrons. The molecule has 1 aromatic rings. The first-order valence-electron chi connectivity index (χ1n) is 8.59. The molecule has 1 saturated carbocycles. The molecule has 8 heteroatoms. The fourth-order valence-corrected chi connectivity index (χ4v) is 4.47. The quantitative estimate of drug-likeness (QED) is 0.810. The van der Waals surface area contributed by atoms with E-state index >= 15 is 0 Å². The van der Waals surface area contributed by atoms with Crippen LogP contribution in [0.3, 0.4) is 0 Å². The van der Waals surface area contributed by atoms with E-state index < -0.39 is 16.1 Å². The van der Waals surface area contributed by atoms with Gasteiger partial charge < -0.3 is 10.1 Å². The number of nitrogens with one attached hydrogen (secondary N) is 1. The minimum absolute atomic E-state index is 0.0509. The Morgan fingerprint density at radius 2 is 1.92 bits per heavy atom. The predicted molar refractivity (Wildman–Crippen MR) is 97.7 cm³/mol. The van der Waals surface area contributed by atoms with Gasteiger partial charge in [0.2, 0.25) is 10.0 Å². The first-order valence-corrected chi connectivity index (χ1v) is 10.8. The Morgan fingerprint density at radius 1 is 1.24 bits per heavy atom. The second-order valence-corrected chi connectivity index (χ2v) is 9.05. The first kappa shape index (κ1) is 18.3. The van der Waals surface area contributed by atoms with Crippen molar-refractivity contribution in [3.8, 4) is 5.75 Å². The molecular weight excluding hydrogens is 364 g/mol. The van der Waals surface area contributed by atoms with Gasteiger partial charge in [0.05, 0.1) is 18.5 Å². The SMILES string of the molecule is CS(=O)(=O)N1C[C@@H](C(=O)NC2CCCCCC2)Oc2ccc(Cl)cc21. The summed E-state index contributed by atoms with van der Waals surface area (Å²) in [4.78, 5) is 12.6. The Morgan fingerprint density at radius 3 is 2.56 bits per heavy atom. The molecule has 0 spiro atoms. The summed E-state index contributed by atoms with van der Waals surface area (Å²) in [5.41, 5.74) is 0.369. The summed E-state index contributed by atoms with van der Waals surface area (Å²) in [6, 6.07) is 4.89. The largest absolute Gasteiger partial charge is 0.476 e. The molecule has 1 atom stereocenters. The van der Waals surface area contributed by atoms with Crippen molar-refractivity contribution in [2.75, 3.05) is 17.1 Å². The molecule has 2 aliphatic rings. The number of carbonyl (C=O) groups excluding carboxylic acids is 1. The maximum Gasteiger partial charge on any atom is 0.263 e. The Bertz CT molecular complexity index is 745. The third kappa shape index (κ3) is 4.39. The highest BCUT2D eigenvalue weighted by Gasteiger charge is 2.35. The number of anilines is 1. The average molecular weight is 387 g/mol. The second-order valence-electron chi connectivity index (χ2n) is 6.71. The van der Waals surface area contributed by atoms with Gasteiger partial charge in [-0.1, -0.05) is 37.3 Å². The smallest absolute Gasteiger partial charge is 0.263 e. The van der Waals surface area contributed by atoms with E-state index in [1.807, 2.05) is 0 Å². The van der Waals surface area contributed by atoms with Crippen LogP contribution < -0.4 is 14.4 Å². The lowest BCUT2D eigenvalue weighted by Crippen LogP contribution is -2.52. The van der Waals surface area contributed by atoms with Crippen LogP contribution in [0.25, 0.3) is 0 Å². The van der Waals surface area contributed by atoms with Crippen LogP contribution in [0.1, 0.15) is 38.5 Å². The van der Waals surface area contributed by atoms with E-state index in [0.29, 0.717) is 16.5 Å². The van der Waals surface area contributed by atoms with E-state index in [1.165, 1.54) is 23.2 Å². The number of benzene rings is 1. The second kappa shape index (κ2) is 7.41. The molecule has 0 radical (unpaired) electrons. The van der Waals surface area contributed by atoms with Crippen LogP contribution in [-0.2, 0) is 14.8 Å². The van der Waals surface area contributed by atoms with Crippen LogP contribution in [0.5, 0.6) is 5.75 Å². The van der Waals surface area contributed by atoms with Crippen molar-refractivity contribution in [3.05, 3.63) is 23.2 Å². The van der Waals surface area contributed by atoms with Crippen molar-refractivity contribution >= 4 is 33.2 Å². The summed E-state index contributed by atoms with van der Waals surface area (Å²) in [6.07, 6.45) is 6.77. The minimum Gasteiger partial charge on any atom is -0.476 e. The number of ether oxygens (including phenoxy) is 1. The third-order valence-electron chi connectivity index (χ3n) is 4.68. The van der Waals surface area contributed by atoms with Gasteiger partial charge in [0.15, 0.2) is 6.10 Å². The topological polar surface area (TPSA) is 75.7 Å². The number of hydrogen-bond donors (Lipinski definition) is 1. The number of fused-ring (bicyclic) bond motifs is 1. The minimum atomic E-state index is -3.55. The molecule has 0 aromatic heterocycles. The van der Waals surface area contributed by atoms with Gasteiger partial charge >= 0.3 is 0 Å². The van der Waals surface area contributed by atoms with Gasteiger partial charge in [-0.3, -0.25) is 9.10 Å². The van der Waals surface area contributed by atoms with Gasteiger partial charge in [0.25, 0.3) is 5.91 Å². The van der Waals surface area contributed by atoms with Gasteiger partial charge in [-0.05, 0) is 31.0 Å². The highest BCUT2D eigenvalue weighted by Crippen LogP contribution is 2.37. The Kier molecular flexibility index (Phi) is 5.43. The van der Waals surface area contributed by atoms with Crippen molar-refractivity contribution < 1.29 is 17.9 Å². The first-order chi connectivity index (χ1) is 11.8. The number of rotatable bonds is 3. The molecule has 1 aromatic carbocycles. The van der Waals surface area contributed by atoms with Crippen molar-refractivity contribution in [1.82, 2.24) is 5.32 Å². The Labute approximate surface area is 153 Å². The lowest BCUT2D eigenvalue weighted by molar-refractivity contribution is -0.128. The Hall–Kier alpha value is -1.47. The molecule has 1 fully saturated rings. The molecule has 1 aliphatic heterocycles. The molecule has 1 heterocycles. The maximum atomic E-state index is 12.6. The van der Waals surface area contributed by atoms with Crippen LogP contribution in [0.2, 0.25) is 5.02 Å². The summed E-state index contributed by atoms with van der Waals surface area (Å²) in [5, 5.41) is 3.45. The van der Waals surface area contributed by atoms with Crippen molar-refractivity contribution in [3.63, 3.8) is 0 Å². The normalized spacial score (nSPS) is 21.8. The summed E-state index contributed by atoms with van der Waals surface area (Å²) in [7, 11) is -3.55. The summed E-state index contributed by atoms with van der Waals surface area (Å²) in [6.45, 7) is -0.0509. The number of hydrogen-bond acceptors (Lipinski definition) is 4. The van der Waals surface area contributed by atoms with E-state index in [2.05, 4.69) is 5.32 Å². The van der Waals surface area contributed by atoms with Gasteiger partial charge in [-0.25, -0.2) is 8.42 Å². The Balaban J connectivity index is 1.79. The van der Waals surface area contributed by atoms with Crippen LogP contribution in [0.4, 0.5) is 5.69 Å². The lowest BCUT2D eigenvalue weighted by Gasteiger charge is -2.34. The highest BCUT2D eigenvalue weighted by atomic mass is 35.5. The lowest BCUT2D eigenvalue weighted by atomic mass is 10.1. The van der Waals surface area contributed by atoms with E-state index in [1.54, 1.807) is 12.1 Å². The van der Waals surface area contributed by atoms with E-state index in [-0.39, 0.29) is 18.5 Å². The fourth-order valence-electron chi connectivity index (χ4n) is 3.39. The zero-order valence-electron chi connectivity index (χ0n) is 14.2. The van der Waals surface area contributed by atoms with E-state index in [4.69, 9.17) is 16.3 Å². The van der Waals surface area contributed by atoms with Crippen LogP contribution >= 0.6 is 11.6 Å². The molecule has 1 N–H and O–H groups in total. The van der Waals surface area contributed by atoms with Crippen LogP contribution in [-0.4, -0.2) is 39.3 Å². The molecule has 0 unspecified atom stereocenters. The predicted octanol–water partition coefficient (Wildman–Crippen LogP) is 2.71. The van der Waals surface area contributed by atoms with E-state index in [0.717, 1.165) is 31.9 Å². The third-order valence-corrected chi connectivity index (χ3v) is 6.07. The van der Waals surface area contributed by atoms with Crippen LogP contribution in [0, 0.1) is 0 Å². The molecule has 0 saturated heterocycles. The van der Waals surface area contributed by atoms with Crippen molar-refractivity contribution in [2.45, 2.75) is 50.7 Å². The van der Waals surface area contributed by atoms with Gasteiger partial charge in [0.1, 0.15) is 5.75 Å². The number of carbonyl (C=O) groups is 1. The number of nitrogens with zero attached hydrogens (tertiary/aromatic N) is 1.